The van der Waals surface area contributed by atoms with Crippen LogP contribution < -0.4 is 14.8 Å². The number of nitrogens with one attached hydrogen (secondary N) is 1. The van der Waals surface area contributed by atoms with Crippen LogP contribution in [-0.4, -0.2) is 20.8 Å². The molecule has 2 rings (SSSR count). The first kappa shape index (κ1) is 14.1. The minimum Gasteiger partial charge on any atom is -0.497 e. The summed E-state index contributed by atoms with van der Waals surface area (Å²) in [5.41, 5.74) is 1.26. The lowest BCUT2D eigenvalue weighted by Crippen LogP contribution is -2.26. The van der Waals surface area contributed by atoms with Crippen LogP contribution >= 0.6 is 12.4 Å². The van der Waals surface area contributed by atoms with E-state index >= 15 is 0 Å². The van der Waals surface area contributed by atoms with Crippen molar-refractivity contribution in [1.82, 2.24) is 5.32 Å². The van der Waals surface area contributed by atoms with Crippen LogP contribution in [0.5, 0.6) is 11.5 Å². The van der Waals surface area contributed by atoms with Gasteiger partial charge in [0.15, 0.2) is 0 Å². The molecule has 17 heavy (non-hydrogen) atoms. The van der Waals surface area contributed by atoms with Crippen molar-refractivity contribution in [2.75, 3.05) is 20.8 Å². The Morgan fingerprint density at radius 2 is 1.71 bits per heavy atom. The average Bonchev–Trinajstić information content (AvgIpc) is 2.39. The monoisotopic (exact) mass is 257 g/mol. The summed E-state index contributed by atoms with van der Waals surface area (Å²) in [4.78, 5) is 0. The highest BCUT2D eigenvalue weighted by Crippen LogP contribution is 2.30. The summed E-state index contributed by atoms with van der Waals surface area (Å²) in [5, 5.41) is 3.53. The van der Waals surface area contributed by atoms with E-state index in [1.165, 1.54) is 24.8 Å². The topological polar surface area (TPSA) is 30.5 Å². The maximum atomic E-state index is 5.28. The van der Waals surface area contributed by atoms with Crippen molar-refractivity contribution < 1.29 is 9.47 Å². The summed E-state index contributed by atoms with van der Waals surface area (Å²) in [6.45, 7) is 1.10. The summed E-state index contributed by atoms with van der Waals surface area (Å²) >= 11 is 0. The molecule has 1 aromatic carbocycles. The number of benzene rings is 1. The fourth-order valence-corrected chi connectivity index (χ4v) is 2.17. The molecule has 1 N–H and O–H groups in total. The van der Waals surface area contributed by atoms with Crippen molar-refractivity contribution in [3.63, 3.8) is 0 Å². The fourth-order valence-electron chi connectivity index (χ4n) is 2.17. The van der Waals surface area contributed by atoms with Crippen LogP contribution in [0.3, 0.4) is 0 Å². The van der Waals surface area contributed by atoms with Gasteiger partial charge in [-0.2, -0.15) is 0 Å². The zero-order valence-electron chi connectivity index (χ0n) is 10.4. The number of ether oxygens (including phenoxy) is 2. The standard InChI is InChI=1S/C13H19NO2.ClH/c1-15-11-7-10(8-12(9-11)16-2)13-5-3-4-6-14-13;/h7-9,13-14H,3-6H2,1-2H3;1H/t13-;/m0./s1. The quantitative estimate of drug-likeness (QED) is 0.903. The summed E-state index contributed by atoms with van der Waals surface area (Å²) in [6, 6.07) is 6.53. The molecule has 96 valence electrons. The highest BCUT2D eigenvalue weighted by molar-refractivity contribution is 5.85. The highest BCUT2D eigenvalue weighted by atomic mass is 35.5. The second kappa shape index (κ2) is 6.72. The molecule has 1 fully saturated rings. The lowest BCUT2D eigenvalue weighted by atomic mass is 9.97. The first-order valence-corrected chi connectivity index (χ1v) is 5.80. The Hall–Kier alpha value is -0.930. The van der Waals surface area contributed by atoms with Crippen LogP contribution in [0.2, 0.25) is 0 Å². The fraction of sp³-hybridized carbons (Fsp3) is 0.538. The molecule has 4 heteroatoms. The van der Waals surface area contributed by atoms with Crippen molar-refractivity contribution in [3.05, 3.63) is 23.8 Å². The normalized spacial score (nSPS) is 19.3. The number of halogens is 1. The maximum Gasteiger partial charge on any atom is 0.122 e. The molecular weight excluding hydrogens is 238 g/mol. The Kier molecular flexibility index (Phi) is 5.59. The van der Waals surface area contributed by atoms with Gasteiger partial charge in [0.2, 0.25) is 0 Å². The van der Waals surface area contributed by atoms with Crippen molar-refractivity contribution in [2.24, 2.45) is 0 Å². The van der Waals surface area contributed by atoms with E-state index in [2.05, 4.69) is 17.4 Å². The number of methoxy groups -OCH3 is 2. The van der Waals surface area contributed by atoms with Gasteiger partial charge in [-0.3, -0.25) is 0 Å². The molecule has 0 saturated carbocycles. The largest absolute Gasteiger partial charge is 0.497 e. The SMILES string of the molecule is COc1cc(OC)cc([C@@H]2CCCCN2)c1.Cl. The molecule has 0 spiro atoms. The Morgan fingerprint density at radius 3 is 2.18 bits per heavy atom. The molecule has 1 aromatic rings. The van der Waals surface area contributed by atoms with E-state index < -0.39 is 0 Å². The molecule has 0 aromatic heterocycles. The van der Waals surface area contributed by atoms with E-state index in [-0.39, 0.29) is 12.4 Å². The Bertz CT molecular complexity index is 329. The van der Waals surface area contributed by atoms with Crippen LogP contribution in [0.4, 0.5) is 0 Å². The van der Waals surface area contributed by atoms with Crippen molar-refractivity contribution in [2.45, 2.75) is 25.3 Å². The molecule has 0 amide bonds. The third-order valence-electron chi connectivity index (χ3n) is 3.09. The lowest BCUT2D eigenvalue weighted by molar-refractivity contribution is 0.383. The third-order valence-corrected chi connectivity index (χ3v) is 3.09. The van der Waals surface area contributed by atoms with E-state index in [9.17, 15) is 0 Å². The Balaban J connectivity index is 0.00000144. The zero-order valence-corrected chi connectivity index (χ0v) is 11.2. The molecule has 0 radical (unpaired) electrons. The van der Waals surface area contributed by atoms with Gasteiger partial charge in [-0.25, -0.2) is 0 Å². The molecule has 1 aliphatic heterocycles. The maximum absolute atomic E-state index is 5.28. The van der Waals surface area contributed by atoms with E-state index in [4.69, 9.17) is 9.47 Å². The van der Waals surface area contributed by atoms with Gasteiger partial charge in [0.25, 0.3) is 0 Å². The number of hydrogen-bond acceptors (Lipinski definition) is 3. The van der Waals surface area contributed by atoms with E-state index in [1.54, 1.807) is 14.2 Å². The van der Waals surface area contributed by atoms with E-state index in [1.807, 2.05) is 6.07 Å². The first-order valence-electron chi connectivity index (χ1n) is 5.80. The number of rotatable bonds is 3. The van der Waals surface area contributed by atoms with Crippen molar-refractivity contribution in [3.8, 4) is 11.5 Å². The van der Waals surface area contributed by atoms with Crippen molar-refractivity contribution in [1.29, 1.82) is 0 Å². The zero-order chi connectivity index (χ0) is 11.4. The van der Waals surface area contributed by atoms with Crippen LogP contribution in [0.15, 0.2) is 18.2 Å². The smallest absolute Gasteiger partial charge is 0.122 e. The second-order valence-electron chi connectivity index (χ2n) is 4.15. The van der Waals surface area contributed by atoms with Gasteiger partial charge in [0, 0.05) is 12.1 Å². The molecule has 0 aliphatic carbocycles. The predicted molar refractivity (Wildman–Crippen MR) is 71.4 cm³/mol. The second-order valence-corrected chi connectivity index (χ2v) is 4.15. The van der Waals surface area contributed by atoms with Crippen LogP contribution in [0.1, 0.15) is 30.9 Å². The first-order chi connectivity index (χ1) is 7.83. The van der Waals surface area contributed by atoms with E-state index in [0.717, 1.165) is 18.0 Å². The van der Waals surface area contributed by atoms with Gasteiger partial charge in [0.05, 0.1) is 14.2 Å². The van der Waals surface area contributed by atoms with Gasteiger partial charge in [-0.15, -0.1) is 12.4 Å². The molecule has 1 heterocycles. The van der Waals surface area contributed by atoms with Gasteiger partial charge < -0.3 is 14.8 Å². The number of piperidine rings is 1. The third kappa shape index (κ3) is 3.51. The van der Waals surface area contributed by atoms with Crippen LogP contribution in [0.25, 0.3) is 0 Å². The van der Waals surface area contributed by atoms with Crippen molar-refractivity contribution >= 4 is 12.4 Å². The molecule has 1 atom stereocenters. The molecule has 3 nitrogen and oxygen atoms in total. The summed E-state index contributed by atoms with van der Waals surface area (Å²) in [6.07, 6.45) is 3.76. The van der Waals surface area contributed by atoms with Crippen LogP contribution in [-0.2, 0) is 0 Å². The van der Waals surface area contributed by atoms with Gasteiger partial charge in [-0.05, 0) is 37.1 Å². The van der Waals surface area contributed by atoms with Crippen LogP contribution in [0, 0.1) is 0 Å². The molecule has 0 bridgehead atoms. The van der Waals surface area contributed by atoms with Gasteiger partial charge in [0.1, 0.15) is 11.5 Å². The Morgan fingerprint density at radius 1 is 1.06 bits per heavy atom. The summed E-state index contributed by atoms with van der Waals surface area (Å²) < 4.78 is 10.6. The lowest BCUT2D eigenvalue weighted by Gasteiger charge is -2.24. The minimum absolute atomic E-state index is 0. The van der Waals surface area contributed by atoms with Gasteiger partial charge in [-0.1, -0.05) is 6.42 Å². The van der Waals surface area contributed by atoms with Gasteiger partial charge >= 0.3 is 0 Å². The average molecular weight is 258 g/mol. The molecule has 1 saturated heterocycles. The van der Waals surface area contributed by atoms with E-state index in [0.29, 0.717) is 6.04 Å². The summed E-state index contributed by atoms with van der Waals surface area (Å²) in [5.74, 6) is 1.73. The minimum atomic E-state index is 0. The highest BCUT2D eigenvalue weighted by Gasteiger charge is 2.16. The summed E-state index contributed by atoms with van der Waals surface area (Å²) in [7, 11) is 3.37. The molecule has 0 unspecified atom stereocenters. The molecule has 1 aliphatic rings. The Labute approximate surface area is 109 Å². The number of hydrogen-bond donors (Lipinski definition) is 1. The molecular formula is C13H20ClNO2. The predicted octanol–water partition coefficient (Wildman–Crippen LogP) is 2.94.